The predicted molar refractivity (Wildman–Crippen MR) is 95.2 cm³/mol. The fraction of sp³-hybridized carbons (Fsp3) is 0.143. The summed E-state index contributed by atoms with van der Waals surface area (Å²) in [4.78, 5) is 0. The van der Waals surface area contributed by atoms with Crippen molar-refractivity contribution in [2.24, 2.45) is 5.14 Å². The summed E-state index contributed by atoms with van der Waals surface area (Å²) in [5.74, 6) is 0.422. The summed E-state index contributed by atoms with van der Waals surface area (Å²) in [7, 11) is -5.96. The number of nitrogens with one attached hydrogen (secondary N) is 1. The van der Waals surface area contributed by atoms with Crippen molar-refractivity contribution < 1.29 is 26.1 Å². The Kier molecular flexibility index (Phi) is 5.93. The third kappa shape index (κ3) is 7.46. The smallest absolute Gasteiger partial charge is 0.526 e. The molecule has 0 aliphatic carbocycles. The van der Waals surface area contributed by atoms with Crippen LogP contribution in [0.5, 0.6) is 11.5 Å². The van der Waals surface area contributed by atoms with Gasteiger partial charge in [-0.1, -0.05) is 18.2 Å². The van der Waals surface area contributed by atoms with Gasteiger partial charge in [0.25, 0.3) is 0 Å². The normalized spacial score (nSPS) is 11.6. The summed E-state index contributed by atoms with van der Waals surface area (Å²) in [6, 6.07) is 12.7. The van der Waals surface area contributed by atoms with Gasteiger partial charge in [0.1, 0.15) is 11.5 Å². The first-order chi connectivity index (χ1) is 11.6. The Labute approximate surface area is 147 Å². The van der Waals surface area contributed by atoms with Crippen molar-refractivity contribution in [1.29, 1.82) is 0 Å². The Bertz CT molecular complexity index is 870. The standard InChI is InChI=1S/C14H16BN2O6S2/c1-24(18,19)17-12-5-3-7-14(9-12)23-15-22-13-6-2-4-11(8-13)10-25(16,20)21/h2-9,17H,10H2,1H3,(H2,16,20,21). The highest BCUT2D eigenvalue weighted by Crippen LogP contribution is 2.19. The van der Waals surface area contributed by atoms with E-state index < -0.39 is 20.0 Å². The molecule has 2 aromatic rings. The van der Waals surface area contributed by atoms with E-state index in [1.165, 1.54) is 12.1 Å². The number of rotatable bonds is 8. The highest BCUT2D eigenvalue weighted by atomic mass is 32.2. The fourth-order valence-corrected chi connectivity index (χ4v) is 3.12. The van der Waals surface area contributed by atoms with Crippen LogP contribution < -0.4 is 19.2 Å². The molecule has 0 atom stereocenters. The highest BCUT2D eigenvalue weighted by molar-refractivity contribution is 7.92. The maximum atomic E-state index is 11.2. The topological polar surface area (TPSA) is 125 Å². The number of anilines is 1. The largest absolute Gasteiger partial charge is 0.658 e. The number of primary sulfonamides is 1. The number of benzene rings is 2. The lowest BCUT2D eigenvalue weighted by molar-refractivity contribution is 0.459. The van der Waals surface area contributed by atoms with E-state index in [1.54, 1.807) is 36.4 Å². The van der Waals surface area contributed by atoms with Crippen LogP contribution in [0.25, 0.3) is 0 Å². The van der Waals surface area contributed by atoms with Crippen molar-refractivity contribution in [2.45, 2.75) is 5.75 Å². The minimum absolute atomic E-state index is 0.301. The van der Waals surface area contributed by atoms with E-state index in [9.17, 15) is 16.8 Å². The zero-order valence-electron chi connectivity index (χ0n) is 13.2. The van der Waals surface area contributed by atoms with E-state index in [-0.39, 0.29) is 5.75 Å². The monoisotopic (exact) mass is 383 g/mol. The van der Waals surface area contributed by atoms with Crippen molar-refractivity contribution >= 4 is 33.4 Å². The third-order valence-electron chi connectivity index (χ3n) is 2.77. The minimum Gasteiger partial charge on any atom is -0.526 e. The van der Waals surface area contributed by atoms with Gasteiger partial charge < -0.3 is 9.31 Å². The van der Waals surface area contributed by atoms with Gasteiger partial charge in [0.2, 0.25) is 20.0 Å². The second-order valence-electron chi connectivity index (χ2n) is 5.19. The number of hydrogen-bond acceptors (Lipinski definition) is 6. The Morgan fingerprint density at radius 1 is 1.00 bits per heavy atom. The van der Waals surface area contributed by atoms with Gasteiger partial charge in [0.05, 0.1) is 17.7 Å². The molecule has 2 aromatic carbocycles. The molecule has 133 valence electrons. The Balaban J connectivity index is 1.95. The molecule has 0 aliphatic heterocycles. The molecule has 0 heterocycles. The van der Waals surface area contributed by atoms with Gasteiger partial charge in [-0.2, -0.15) is 0 Å². The molecule has 0 aliphatic rings. The molecule has 8 nitrogen and oxygen atoms in total. The molecule has 0 spiro atoms. The molecule has 1 radical (unpaired) electrons. The van der Waals surface area contributed by atoms with Gasteiger partial charge in [-0.25, -0.2) is 22.0 Å². The SMILES string of the molecule is CS(=O)(=O)Nc1cccc(O[B]Oc2cccc(CS(N)(=O)=O)c2)c1. The quantitative estimate of drug-likeness (QED) is 0.651. The molecule has 0 fully saturated rings. The molecule has 0 bridgehead atoms. The molecule has 0 amide bonds. The van der Waals surface area contributed by atoms with Crippen molar-refractivity contribution in [3.8, 4) is 11.5 Å². The van der Waals surface area contributed by atoms with Crippen LogP contribution in [0, 0.1) is 0 Å². The molecule has 0 unspecified atom stereocenters. The number of hydrogen-bond donors (Lipinski definition) is 2. The van der Waals surface area contributed by atoms with Crippen molar-refractivity contribution in [3.63, 3.8) is 0 Å². The number of nitrogens with two attached hydrogens (primary N) is 1. The van der Waals surface area contributed by atoms with Crippen LogP contribution in [0.4, 0.5) is 5.69 Å². The molecule has 11 heteroatoms. The highest BCUT2D eigenvalue weighted by Gasteiger charge is 2.08. The second kappa shape index (κ2) is 7.76. The Morgan fingerprint density at radius 3 is 2.20 bits per heavy atom. The molecule has 2 rings (SSSR count). The van der Waals surface area contributed by atoms with Crippen molar-refractivity contribution in [2.75, 3.05) is 11.0 Å². The van der Waals surface area contributed by atoms with Crippen LogP contribution >= 0.6 is 0 Å². The van der Waals surface area contributed by atoms with Crippen LogP contribution in [0.3, 0.4) is 0 Å². The summed E-state index contributed by atoms with van der Waals surface area (Å²) in [6.45, 7) is 0. The zero-order chi connectivity index (χ0) is 18.5. The third-order valence-corrected chi connectivity index (χ3v) is 4.11. The van der Waals surface area contributed by atoms with Gasteiger partial charge >= 0.3 is 7.69 Å². The summed E-state index contributed by atoms with van der Waals surface area (Å²) in [5, 5.41) is 5.00. The van der Waals surface area contributed by atoms with Crippen LogP contribution in [-0.4, -0.2) is 30.8 Å². The van der Waals surface area contributed by atoms with E-state index in [0.717, 1.165) is 13.9 Å². The molecule has 25 heavy (non-hydrogen) atoms. The van der Waals surface area contributed by atoms with E-state index in [2.05, 4.69) is 4.72 Å². The minimum atomic E-state index is -3.63. The van der Waals surface area contributed by atoms with Gasteiger partial charge in [-0.05, 0) is 29.8 Å². The first-order valence-corrected chi connectivity index (χ1v) is 10.5. The maximum absolute atomic E-state index is 11.2. The lowest BCUT2D eigenvalue weighted by Gasteiger charge is -2.09. The molecular weight excluding hydrogens is 367 g/mol. The lowest BCUT2D eigenvalue weighted by atomic mass is 10.2. The van der Waals surface area contributed by atoms with E-state index in [0.29, 0.717) is 22.7 Å². The van der Waals surface area contributed by atoms with Crippen LogP contribution in [-0.2, 0) is 25.8 Å². The van der Waals surface area contributed by atoms with Crippen LogP contribution in [0.1, 0.15) is 5.56 Å². The van der Waals surface area contributed by atoms with Gasteiger partial charge in [-0.15, -0.1) is 0 Å². The second-order valence-corrected chi connectivity index (χ2v) is 8.55. The Hall–Kier alpha value is -2.24. The van der Waals surface area contributed by atoms with Crippen LogP contribution in [0.2, 0.25) is 0 Å². The predicted octanol–water partition coefficient (Wildman–Crippen LogP) is 0.839. The zero-order valence-corrected chi connectivity index (χ0v) is 14.9. The molecule has 0 saturated heterocycles. The summed E-state index contributed by atoms with van der Waals surface area (Å²) < 4.78 is 57.5. The summed E-state index contributed by atoms with van der Waals surface area (Å²) in [5.41, 5.74) is 0.830. The summed E-state index contributed by atoms with van der Waals surface area (Å²) >= 11 is 0. The maximum Gasteiger partial charge on any atom is 0.658 e. The first kappa shape index (κ1) is 19.1. The fourth-order valence-electron chi connectivity index (χ4n) is 1.92. The van der Waals surface area contributed by atoms with Gasteiger partial charge in [-0.3, -0.25) is 4.72 Å². The van der Waals surface area contributed by atoms with Crippen molar-refractivity contribution in [1.82, 2.24) is 0 Å². The van der Waals surface area contributed by atoms with E-state index >= 15 is 0 Å². The van der Waals surface area contributed by atoms with E-state index in [1.807, 2.05) is 0 Å². The molecule has 0 aromatic heterocycles. The average molecular weight is 383 g/mol. The van der Waals surface area contributed by atoms with E-state index in [4.69, 9.17) is 14.4 Å². The average Bonchev–Trinajstić information content (AvgIpc) is 2.44. The molecule has 3 N–H and O–H groups in total. The van der Waals surface area contributed by atoms with Crippen molar-refractivity contribution in [3.05, 3.63) is 54.1 Å². The first-order valence-electron chi connectivity index (χ1n) is 6.93. The number of sulfonamides is 2. The molecular formula is C14H16BN2O6S2. The van der Waals surface area contributed by atoms with Gasteiger partial charge in [0.15, 0.2) is 0 Å². The summed E-state index contributed by atoms with van der Waals surface area (Å²) in [6.07, 6.45) is 1.05. The Morgan fingerprint density at radius 2 is 1.60 bits per heavy atom. The van der Waals surface area contributed by atoms with Gasteiger partial charge in [0, 0.05) is 6.07 Å². The van der Waals surface area contributed by atoms with Crippen LogP contribution in [0.15, 0.2) is 48.5 Å². The molecule has 0 saturated carbocycles. The lowest BCUT2D eigenvalue weighted by Crippen LogP contribution is -2.15.